The van der Waals surface area contributed by atoms with Gasteiger partial charge in [0.25, 0.3) is 0 Å². The van der Waals surface area contributed by atoms with E-state index in [4.69, 9.17) is 0 Å². The molecule has 1 nitrogen and oxygen atoms in total. The van der Waals surface area contributed by atoms with Crippen LogP contribution in [-0.2, 0) is 0 Å². The van der Waals surface area contributed by atoms with Gasteiger partial charge in [0.2, 0.25) is 0 Å². The van der Waals surface area contributed by atoms with Crippen molar-refractivity contribution in [2.75, 3.05) is 4.90 Å². The number of hydrogen-bond acceptors (Lipinski definition) is 1. The van der Waals surface area contributed by atoms with Crippen LogP contribution in [0.25, 0.3) is 0 Å². The number of piperidine rings is 2. The number of rotatable bonds is 1. The van der Waals surface area contributed by atoms with E-state index < -0.39 is 0 Å². The number of anilines is 1. The summed E-state index contributed by atoms with van der Waals surface area (Å²) in [5, 5.41) is 0. The maximum Gasteiger partial charge on any atom is 0.0401 e. The Bertz CT molecular complexity index is 415. The van der Waals surface area contributed by atoms with Crippen molar-refractivity contribution in [3.8, 4) is 0 Å². The molecule has 17 heavy (non-hydrogen) atoms. The molecule has 3 aliphatic rings. The Morgan fingerprint density at radius 2 is 1.82 bits per heavy atom. The summed E-state index contributed by atoms with van der Waals surface area (Å²) in [5.74, 6) is 0. The number of aryl methyl sites for hydroxylation is 1. The van der Waals surface area contributed by atoms with Gasteiger partial charge in [0, 0.05) is 17.8 Å². The van der Waals surface area contributed by atoms with Crippen LogP contribution in [0, 0.1) is 12.3 Å². The van der Waals surface area contributed by atoms with Crippen molar-refractivity contribution in [3.05, 3.63) is 29.8 Å². The van der Waals surface area contributed by atoms with E-state index >= 15 is 0 Å². The van der Waals surface area contributed by atoms with E-state index in [1.54, 1.807) is 0 Å². The first-order chi connectivity index (χ1) is 8.12. The summed E-state index contributed by atoms with van der Waals surface area (Å²) in [5.41, 5.74) is 3.43. The third-order valence-electron chi connectivity index (χ3n) is 5.31. The van der Waals surface area contributed by atoms with Gasteiger partial charge >= 0.3 is 0 Å². The Morgan fingerprint density at radius 1 is 1.18 bits per heavy atom. The highest BCUT2D eigenvalue weighted by atomic mass is 15.2. The van der Waals surface area contributed by atoms with Crippen molar-refractivity contribution in [1.82, 2.24) is 0 Å². The zero-order valence-electron chi connectivity index (χ0n) is 11.2. The van der Waals surface area contributed by atoms with Crippen LogP contribution in [0.1, 0.15) is 45.1 Å². The molecule has 0 aromatic heterocycles. The van der Waals surface area contributed by atoms with Gasteiger partial charge in [-0.15, -0.1) is 0 Å². The SMILES string of the molecule is Cc1ccccc1N1C2CCC(C)(CC2)C1C. The zero-order chi connectivity index (χ0) is 12.0. The molecule has 2 heterocycles. The maximum absolute atomic E-state index is 2.71. The summed E-state index contributed by atoms with van der Waals surface area (Å²) < 4.78 is 0. The lowest BCUT2D eigenvalue weighted by Crippen LogP contribution is -2.59. The summed E-state index contributed by atoms with van der Waals surface area (Å²) >= 11 is 0. The van der Waals surface area contributed by atoms with Crippen LogP contribution >= 0.6 is 0 Å². The summed E-state index contributed by atoms with van der Waals surface area (Å²) in [6, 6.07) is 10.3. The largest absolute Gasteiger partial charge is 0.365 e. The molecule has 2 bridgehead atoms. The fraction of sp³-hybridized carbons (Fsp3) is 0.625. The average Bonchev–Trinajstić information content (AvgIpc) is 2.33. The predicted molar refractivity (Wildman–Crippen MR) is 73.5 cm³/mol. The third kappa shape index (κ3) is 1.59. The van der Waals surface area contributed by atoms with E-state index in [1.807, 2.05) is 0 Å². The van der Waals surface area contributed by atoms with Crippen LogP contribution in [0.4, 0.5) is 5.69 Å². The Kier molecular flexibility index (Phi) is 2.46. The second-order valence-corrected chi connectivity index (χ2v) is 6.25. The molecule has 1 aromatic carbocycles. The number of benzene rings is 1. The fourth-order valence-electron chi connectivity index (χ4n) is 3.87. The van der Waals surface area contributed by atoms with Gasteiger partial charge in [0.1, 0.15) is 0 Å². The molecule has 1 saturated carbocycles. The number of nitrogens with zero attached hydrogens (tertiary/aromatic N) is 1. The highest BCUT2D eigenvalue weighted by molar-refractivity contribution is 5.56. The molecule has 0 N–H and O–H groups in total. The molecule has 92 valence electrons. The Balaban J connectivity index is 2.01. The fourth-order valence-corrected chi connectivity index (χ4v) is 3.87. The summed E-state index contributed by atoms with van der Waals surface area (Å²) in [6.45, 7) is 7.16. The molecule has 0 spiro atoms. The van der Waals surface area contributed by atoms with E-state index in [0.29, 0.717) is 11.5 Å². The lowest BCUT2D eigenvalue weighted by molar-refractivity contribution is 0.0966. The average molecular weight is 229 g/mol. The smallest absolute Gasteiger partial charge is 0.0401 e. The van der Waals surface area contributed by atoms with Crippen molar-refractivity contribution in [3.63, 3.8) is 0 Å². The molecule has 1 unspecified atom stereocenters. The third-order valence-corrected chi connectivity index (χ3v) is 5.31. The van der Waals surface area contributed by atoms with Crippen molar-refractivity contribution in [2.45, 2.75) is 58.5 Å². The van der Waals surface area contributed by atoms with Crippen molar-refractivity contribution >= 4 is 5.69 Å². The number of para-hydroxylation sites is 1. The lowest BCUT2D eigenvalue weighted by Gasteiger charge is -2.57. The van der Waals surface area contributed by atoms with Gasteiger partial charge in [0.05, 0.1) is 0 Å². The van der Waals surface area contributed by atoms with Gasteiger partial charge in [-0.25, -0.2) is 0 Å². The zero-order valence-corrected chi connectivity index (χ0v) is 11.2. The topological polar surface area (TPSA) is 3.24 Å². The van der Waals surface area contributed by atoms with Gasteiger partial charge in [0.15, 0.2) is 0 Å². The number of hydrogen-bond donors (Lipinski definition) is 0. The van der Waals surface area contributed by atoms with Gasteiger partial charge < -0.3 is 4.90 Å². The molecule has 3 fully saturated rings. The second-order valence-electron chi connectivity index (χ2n) is 6.25. The molecular weight excluding hydrogens is 206 g/mol. The van der Waals surface area contributed by atoms with Crippen molar-refractivity contribution < 1.29 is 0 Å². The molecule has 1 aromatic rings. The molecule has 1 atom stereocenters. The van der Waals surface area contributed by atoms with Gasteiger partial charge in [-0.05, 0) is 56.6 Å². The molecule has 0 radical (unpaired) electrons. The van der Waals surface area contributed by atoms with Crippen LogP contribution in [0.15, 0.2) is 24.3 Å². The van der Waals surface area contributed by atoms with E-state index in [1.165, 1.54) is 36.9 Å². The Labute approximate surface area is 105 Å². The van der Waals surface area contributed by atoms with Gasteiger partial charge in [-0.2, -0.15) is 0 Å². The molecule has 1 aliphatic carbocycles. The highest BCUT2D eigenvalue weighted by Crippen LogP contribution is 2.50. The number of fused-ring (bicyclic) bond motifs is 3. The first-order valence-electron chi connectivity index (χ1n) is 6.96. The highest BCUT2D eigenvalue weighted by Gasteiger charge is 2.47. The lowest BCUT2D eigenvalue weighted by atomic mass is 9.64. The van der Waals surface area contributed by atoms with Crippen molar-refractivity contribution in [1.29, 1.82) is 0 Å². The Hall–Kier alpha value is -0.980. The molecule has 2 aliphatic heterocycles. The molecular formula is C16H23N. The minimum absolute atomic E-state index is 0.539. The van der Waals surface area contributed by atoms with Crippen LogP contribution in [0.3, 0.4) is 0 Å². The van der Waals surface area contributed by atoms with E-state index in [0.717, 1.165) is 6.04 Å². The van der Waals surface area contributed by atoms with Crippen LogP contribution in [0.5, 0.6) is 0 Å². The molecule has 2 saturated heterocycles. The molecule has 0 amide bonds. The van der Waals surface area contributed by atoms with E-state index in [-0.39, 0.29) is 0 Å². The van der Waals surface area contributed by atoms with Gasteiger partial charge in [-0.3, -0.25) is 0 Å². The minimum atomic E-state index is 0.539. The quantitative estimate of drug-likeness (QED) is 0.699. The molecule has 4 rings (SSSR count). The summed E-state index contributed by atoms with van der Waals surface area (Å²) in [6.07, 6.45) is 5.60. The first-order valence-corrected chi connectivity index (χ1v) is 6.96. The maximum atomic E-state index is 2.71. The Morgan fingerprint density at radius 3 is 2.47 bits per heavy atom. The summed E-state index contributed by atoms with van der Waals surface area (Å²) in [4.78, 5) is 2.71. The molecule has 1 heteroatoms. The predicted octanol–water partition coefficient (Wildman–Crippen LogP) is 4.15. The summed E-state index contributed by atoms with van der Waals surface area (Å²) in [7, 11) is 0. The normalized spacial score (nSPS) is 36.3. The van der Waals surface area contributed by atoms with Crippen LogP contribution in [-0.4, -0.2) is 12.1 Å². The standard InChI is InChI=1S/C16H23N/c1-12-6-4-5-7-15(12)17-13(2)16(3)10-8-14(17)9-11-16/h4-7,13-14H,8-11H2,1-3H3. The van der Waals surface area contributed by atoms with Gasteiger partial charge in [-0.1, -0.05) is 25.1 Å². The van der Waals surface area contributed by atoms with Crippen LogP contribution in [0.2, 0.25) is 0 Å². The van der Waals surface area contributed by atoms with E-state index in [2.05, 4.69) is 49.9 Å². The van der Waals surface area contributed by atoms with Crippen molar-refractivity contribution in [2.24, 2.45) is 5.41 Å². The van der Waals surface area contributed by atoms with E-state index in [9.17, 15) is 0 Å². The van der Waals surface area contributed by atoms with Crippen LogP contribution < -0.4 is 4.90 Å². The minimum Gasteiger partial charge on any atom is -0.365 e. The first kappa shape index (κ1) is 11.1. The monoisotopic (exact) mass is 229 g/mol. The second kappa shape index (κ2) is 3.76.